The molecule has 0 saturated heterocycles. The predicted molar refractivity (Wildman–Crippen MR) is 70.3 cm³/mol. The lowest BCUT2D eigenvalue weighted by atomic mass is 10.1. The van der Waals surface area contributed by atoms with E-state index < -0.39 is 11.0 Å². The van der Waals surface area contributed by atoms with Gasteiger partial charge in [-0.05, 0) is 35.3 Å². The fourth-order valence-electron chi connectivity index (χ4n) is 1.38. The molecule has 0 aromatic heterocycles. The molecule has 1 rings (SSSR count). The maximum Gasteiger partial charge on any atom is 0.273 e. The number of anilines is 1. The summed E-state index contributed by atoms with van der Waals surface area (Å²) in [5, 5.41) is 23.2. The molecular formula is C11H15BrN2O3. The first-order valence-electron chi connectivity index (χ1n) is 5.32. The van der Waals surface area contributed by atoms with Gasteiger partial charge >= 0.3 is 0 Å². The first-order valence-corrected chi connectivity index (χ1v) is 6.11. The maximum absolute atomic E-state index is 10.7. The Labute approximate surface area is 108 Å². The van der Waals surface area contributed by atoms with Crippen molar-refractivity contribution in [1.29, 1.82) is 0 Å². The number of halogens is 1. The zero-order valence-corrected chi connectivity index (χ0v) is 11.3. The average molecular weight is 303 g/mol. The monoisotopic (exact) mass is 302 g/mol. The van der Waals surface area contributed by atoms with Crippen molar-refractivity contribution in [3.8, 4) is 0 Å². The molecule has 94 valence electrons. The van der Waals surface area contributed by atoms with Crippen molar-refractivity contribution in [2.75, 3.05) is 11.9 Å². The zero-order valence-electron chi connectivity index (χ0n) is 9.74. The summed E-state index contributed by atoms with van der Waals surface area (Å²) in [4.78, 5) is 10.3. The van der Waals surface area contributed by atoms with Gasteiger partial charge in [0.1, 0.15) is 0 Å². The number of aliphatic hydroxyl groups is 1. The van der Waals surface area contributed by atoms with Crippen LogP contribution in [0.4, 0.5) is 11.4 Å². The molecule has 0 spiro atoms. The lowest BCUT2D eigenvalue weighted by molar-refractivity contribution is -0.385. The Hall–Kier alpha value is -1.14. The molecule has 1 atom stereocenters. The molecule has 0 fully saturated rings. The van der Waals surface area contributed by atoms with E-state index in [0.29, 0.717) is 23.0 Å². The Morgan fingerprint density at radius 3 is 2.76 bits per heavy atom. The number of rotatable bonds is 5. The zero-order chi connectivity index (χ0) is 13.0. The van der Waals surface area contributed by atoms with E-state index >= 15 is 0 Å². The maximum atomic E-state index is 10.7. The molecule has 0 aliphatic carbocycles. The minimum absolute atomic E-state index is 0.0819. The number of nitrogens with zero attached hydrogens (tertiary/aromatic N) is 1. The Morgan fingerprint density at radius 2 is 2.24 bits per heavy atom. The number of aryl methyl sites for hydroxylation is 1. The molecule has 0 radical (unpaired) electrons. The third-order valence-corrected chi connectivity index (χ3v) is 3.14. The summed E-state index contributed by atoms with van der Waals surface area (Å²) >= 11 is 3.27. The second-order valence-corrected chi connectivity index (χ2v) is 4.67. The van der Waals surface area contributed by atoms with E-state index in [1.807, 2.05) is 6.92 Å². The van der Waals surface area contributed by atoms with Gasteiger partial charge in [-0.25, -0.2) is 0 Å². The van der Waals surface area contributed by atoms with Crippen molar-refractivity contribution in [3.05, 3.63) is 32.3 Å². The molecule has 0 heterocycles. The van der Waals surface area contributed by atoms with Gasteiger partial charge < -0.3 is 10.4 Å². The molecular weight excluding hydrogens is 288 g/mol. The van der Waals surface area contributed by atoms with Crippen LogP contribution < -0.4 is 5.32 Å². The summed E-state index contributed by atoms with van der Waals surface area (Å²) in [6, 6.07) is 3.17. The van der Waals surface area contributed by atoms with Crippen molar-refractivity contribution >= 4 is 27.3 Å². The molecule has 1 unspecified atom stereocenters. The molecule has 0 saturated carbocycles. The summed E-state index contributed by atoms with van der Waals surface area (Å²) in [7, 11) is 0. The van der Waals surface area contributed by atoms with Crippen molar-refractivity contribution < 1.29 is 10.0 Å². The highest BCUT2D eigenvalue weighted by molar-refractivity contribution is 9.10. The van der Waals surface area contributed by atoms with Gasteiger partial charge in [-0.2, -0.15) is 0 Å². The van der Waals surface area contributed by atoms with Gasteiger partial charge in [-0.1, -0.05) is 6.92 Å². The highest BCUT2D eigenvalue weighted by atomic mass is 79.9. The van der Waals surface area contributed by atoms with Crippen LogP contribution in [-0.4, -0.2) is 22.7 Å². The van der Waals surface area contributed by atoms with Crippen molar-refractivity contribution in [2.24, 2.45) is 0 Å². The fraction of sp³-hybridized carbons (Fsp3) is 0.455. The van der Waals surface area contributed by atoms with Crippen LogP contribution in [0.25, 0.3) is 0 Å². The Balaban J connectivity index is 2.88. The van der Waals surface area contributed by atoms with Gasteiger partial charge in [0.2, 0.25) is 0 Å². The molecule has 1 aromatic carbocycles. The van der Waals surface area contributed by atoms with E-state index in [2.05, 4.69) is 21.2 Å². The van der Waals surface area contributed by atoms with Crippen LogP contribution in [0.5, 0.6) is 0 Å². The largest absolute Gasteiger partial charge is 0.391 e. The van der Waals surface area contributed by atoms with Crippen molar-refractivity contribution in [1.82, 2.24) is 0 Å². The molecule has 0 aliphatic heterocycles. The third kappa shape index (κ3) is 3.67. The summed E-state index contributed by atoms with van der Waals surface area (Å²) < 4.78 is 0.623. The van der Waals surface area contributed by atoms with Crippen LogP contribution in [0, 0.1) is 17.0 Å². The van der Waals surface area contributed by atoms with Crippen LogP contribution in [0.15, 0.2) is 16.6 Å². The number of nitro benzene ring substituents is 1. The minimum atomic E-state index is -0.419. The van der Waals surface area contributed by atoms with Gasteiger partial charge in [0.05, 0.1) is 11.0 Å². The van der Waals surface area contributed by atoms with Crippen LogP contribution >= 0.6 is 15.9 Å². The fourth-order valence-corrected chi connectivity index (χ4v) is 1.85. The van der Waals surface area contributed by atoms with E-state index in [1.165, 1.54) is 6.07 Å². The molecule has 0 bridgehead atoms. The molecule has 0 aliphatic rings. The standard InChI is InChI=1S/C11H15BrN2O3/c1-3-8(15)6-13-10-4-7(2)11(14(16)17)5-9(10)12/h4-5,8,13,15H,3,6H2,1-2H3. The van der Waals surface area contributed by atoms with Gasteiger partial charge in [-0.3, -0.25) is 10.1 Å². The first-order chi connectivity index (χ1) is 7.95. The summed E-state index contributed by atoms with van der Waals surface area (Å²) in [5.41, 5.74) is 1.42. The molecule has 1 aromatic rings. The van der Waals surface area contributed by atoms with Gasteiger partial charge in [-0.15, -0.1) is 0 Å². The number of hydrogen-bond donors (Lipinski definition) is 2. The summed E-state index contributed by atoms with van der Waals surface area (Å²) in [5.74, 6) is 0. The number of nitrogens with one attached hydrogen (secondary N) is 1. The van der Waals surface area contributed by atoms with Crippen LogP contribution in [0.3, 0.4) is 0 Å². The number of hydrogen-bond acceptors (Lipinski definition) is 4. The Morgan fingerprint density at radius 1 is 1.59 bits per heavy atom. The van der Waals surface area contributed by atoms with Crippen LogP contribution in [-0.2, 0) is 0 Å². The third-order valence-electron chi connectivity index (χ3n) is 2.48. The van der Waals surface area contributed by atoms with Gasteiger partial charge in [0.15, 0.2) is 0 Å². The van der Waals surface area contributed by atoms with E-state index in [-0.39, 0.29) is 5.69 Å². The van der Waals surface area contributed by atoms with E-state index in [0.717, 1.165) is 5.69 Å². The predicted octanol–water partition coefficient (Wildman–Crippen LogP) is 2.85. The topological polar surface area (TPSA) is 75.4 Å². The SMILES string of the molecule is CCC(O)CNc1cc(C)c([N+](=O)[O-])cc1Br. The van der Waals surface area contributed by atoms with Gasteiger partial charge in [0, 0.05) is 28.3 Å². The molecule has 17 heavy (non-hydrogen) atoms. The van der Waals surface area contributed by atoms with E-state index in [4.69, 9.17) is 0 Å². The smallest absolute Gasteiger partial charge is 0.273 e. The second kappa shape index (κ2) is 5.97. The quantitative estimate of drug-likeness (QED) is 0.648. The normalized spacial score (nSPS) is 12.2. The lowest BCUT2D eigenvalue weighted by Crippen LogP contribution is -2.18. The minimum Gasteiger partial charge on any atom is -0.391 e. The van der Waals surface area contributed by atoms with E-state index in [9.17, 15) is 15.2 Å². The summed E-state index contributed by atoms with van der Waals surface area (Å²) in [6.07, 6.45) is 0.244. The Kier molecular flexibility index (Phi) is 4.89. The second-order valence-electron chi connectivity index (χ2n) is 3.82. The molecule has 2 N–H and O–H groups in total. The highest BCUT2D eigenvalue weighted by Crippen LogP contribution is 2.30. The molecule has 0 amide bonds. The summed E-state index contributed by atoms with van der Waals surface area (Å²) in [6.45, 7) is 4.00. The average Bonchev–Trinajstić information content (AvgIpc) is 2.28. The van der Waals surface area contributed by atoms with Gasteiger partial charge in [0.25, 0.3) is 5.69 Å². The number of aliphatic hydroxyl groups excluding tert-OH is 1. The number of nitro groups is 1. The van der Waals surface area contributed by atoms with Crippen LogP contribution in [0.1, 0.15) is 18.9 Å². The molecule has 6 heteroatoms. The van der Waals surface area contributed by atoms with Crippen molar-refractivity contribution in [3.63, 3.8) is 0 Å². The highest BCUT2D eigenvalue weighted by Gasteiger charge is 2.14. The van der Waals surface area contributed by atoms with Crippen LogP contribution in [0.2, 0.25) is 0 Å². The Bertz CT molecular complexity index is 423. The molecule has 5 nitrogen and oxygen atoms in total. The van der Waals surface area contributed by atoms with Crippen molar-refractivity contribution in [2.45, 2.75) is 26.4 Å². The number of benzene rings is 1. The van der Waals surface area contributed by atoms with E-state index in [1.54, 1.807) is 13.0 Å². The lowest BCUT2D eigenvalue weighted by Gasteiger charge is -2.12. The first kappa shape index (κ1) is 13.9.